The Morgan fingerprint density at radius 3 is 2.88 bits per heavy atom. The van der Waals surface area contributed by atoms with E-state index >= 15 is 0 Å². The Balaban J connectivity index is 2.23. The third kappa shape index (κ3) is 5.24. The smallest absolute Gasteiger partial charge is 0.188 e. The van der Waals surface area contributed by atoms with Crippen molar-refractivity contribution in [3.8, 4) is 5.75 Å². The molecular weight excluding hydrogens is 214 g/mol. The first kappa shape index (κ1) is 13.4. The fraction of sp³-hybridized carbons (Fsp3) is 0.462. The summed E-state index contributed by atoms with van der Waals surface area (Å²) < 4.78 is 5.62. The van der Waals surface area contributed by atoms with Crippen molar-refractivity contribution in [2.24, 2.45) is 10.7 Å². The Hall–Kier alpha value is -1.71. The number of nitrogens with one attached hydrogen (secondary N) is 1. The van der Waals surface area contributed by atoms with E-state index in [0.717, 1.165) is 24.3 Å². The zero-order chi connectivity index (χ0) is 12.5. The Labute approximate surface area is 103 Å². The maximum absolute atomic E-state index is 5.65. The van der Waals surface area contributed by atoms with Crippen molar-refractivity contribution in [2.45, 2.75) is 20.3 Å². The number of nitrogens with two attached hydrogens (primary N) is 1. The lowest BCUT2D eigenvalue weighted by molar-refractivity contribution is 0.320. The number of hydrogen-bond acceptors (Lipinski definition) is 2. The molecule has 0 atom stereocenters. The molecule has 0 bridgehead atoms. The van der Waals surface area contributed by atoms with E-state index in [0.29, 0.717) is 19.1 Å². The van der Waals surface area contributed by atoms with Crippen LogP contribution in [0.3, 0.4) is 0 Å². The second kappa shape index (κ2) is 7.54. The fourth-order valence-corrected chi connectivity index (χ4v) is 1.35. The van der Waals surface area contributed by atoms with E-state index in [9.17, 15) is 0 Å². The molecule has 1 rings (SSSR count). The summed E-state index contributed by atoms with van der Waals surface area (Å²) >= 11 is 0. The summed E-state index contributed by atoms with van der Waals surface area (Å²) in [6.07, 6.45) is 1.00. The zero-order valence-electron chi connectivity index (χ0n) is 10.6. The number of rotatable bonds is 6. The molecule has 0 aliphatic carbocycles. The molecule has 0 unspecified atom stereocenters. The molecule has 1 aromatic rings. The third-order valence-electron chi connectivity index (χ3n) is 2.27. The van der Waals surface area contributed by atoms with Crippen LogP contribution in [0.25, 0.3) is 0 Å². The fourth-order valence-electron chi connectivity index (χ4n) is 1.35. The van der Waals surface area contributed by atoms with E-state index in [2.05, 4.69) is 17.2 Å². The summed E-state index contributed by atoms with van der Waals surface area (Å²) in [6, 6.07) is 7.95. The minimum atomic E-state index is 0.486. The molecular formula is C13H21N3O. The lowest BCUT2D eigenvalue weighted by atomic mass is 10.2. The highest BCUT2D eigenvalue weighted by Crippen LogP contribution is 2.15. The second-order valence-corrected chi connectivity index (χ2v) is 3.81. The number of para-hydroxylation sites is 1. The van der Waals surface area contributed by atoms with Gasteiger partial charge in [-0.05, 0) is 25.0 Å². The largest absolute Gasteiger partial charge is 0.491 e. The zero-order valence-corrected chi connectivity index (χ0v) is 10.6. The van der Waals surface area contributed by atoms with Crippen LogP contribution in [0, 0.1) is 6.92 Å². The van der Waals surface area contributed by atoms with Crippen LogP contribution < -0.4 is 15.8 Å². The summed E-state index contributed by atoms with van der Waals surface area (Å²) in [4.78, 5) is 4.13. The Morgan fingerprint density at radius 1 is 1.41 bits per heavy atom. The summed E-state index contributed by atoms with van der Waals surface area (Å²) in [5.41, 5.74) is 6.79. The topological polar surface area (TPSA) is 59.6 Å². The van der Waals surface area contributed by atoms with Gasteiger partial charge < -0.3 is 15.8 Å². The molecule has 4 heteroatoms. The van der Waals surface area contributed by atoms with E-state index in [1.807, 2.05) is 31.2 Å². The number of hydrogen-bond donors (Lipinski definition) is 2. The van der Waals surface area contributed by atoms with Crippen molar-refractivity contribution < 1.29 is 4.74 Å². The van der Waals surface area contributed by atoms with Gasteiger partial charge in [0.05, 0.1) is 6.54 Å². The molecule has 3 N–H and O–H groups in total. The molecule has 1 aromatic carbocycles. The first-order valence-corrected chi connectivity index (χ1v) is 5.96. The van der Waals surface area contributed by atoms with E-state index in [-0.39, 0.29) is 0 Å². The van der Waals surface area contributed by atoms with Crippen molar-refractivity contribution in [3.05, 3.63) is 29.8 Å². The molecule has 0 amide bonds. The lowest BCUT2D eigenvalue weighted by Crippen LogP contribution is -2.34. The van der Waals surface area contributed by atoms with Gasteiger partial charge in [-0.25, -0.2) is 0 Å². The summed E-state index contributed by atoms with van der Waals surface area (Å²) in [5, 5.41) is 3.01. The van der Waals surface area contributed by atoms with Crippen LogP contribution in [0.2, 0.25) is 0 Å². The Morgan fingerprint density at radius 2 is 2.18 bits per heavy atom. The highest BCUT2D eigenvalue weighted by Gasteiger charge is 1.97. The highest BCUT2D eigenvalue weighted by atomic mass is 16.5. The number of ether oxygens (including phenoxy) is 1. The first-order chi connectivity index (χ1) is 8.24. The van der Waals surface area contributed by atoms with Crippen LogP contribution >= 0.6 is 0 Å². The maximum atomic E-state index is 5.65. The standard InChI is InChI=1S/C13H21N3O/c1-3-8-15-13(14)16-9-10-17-12-7-5-4-6-11(12)2/h4-7H,3,8-10H2,1-2H3,(H3,14,15,16). The van der Waals surface area contributed by atoms with Crippen LogP contribution in [0.4, 0.5) is 0 Å². The number of guanidine groups is 1. The van der Waals surface area contributed by atoms with Gasteiger partial charge in [-0.1, -0.05) is 25.1 Å². The SMILES string of the molecule is CCCN=C(N)NCCOc1ccccc1C. The molecule has 0 saturated heterocycles. The highest BCUT2D eigenvalue weighted by molar-refractivity contribution is 5.77. The van der Waals surface area contributed by atoms with E-state index in [4.69, 9.17) is 10.5 Å². The molecule has 0 aliphatic rings. The molecule has 0 radical (unpaired) electrons. The maximum Gasteiger partial charge on any atom is 0.188 e. The van der Waals surface area contributed by atoms with Crippen LogP contribution in [0.1, 0.15) is 18.9 Å². The first-order valence-electron chi connectivity index (χ1n) is 5.96. The van der Waals surface area contributed by atoms with Gasteiger partial charge in [0.25, 0.3) is 0 Å². The molecule has 0 aromatic heterocycles. The molecule has 4 nitrogen and oxygen atoms in total. The van der Waals surface area contributed by atoms with Gasteiger partial charge in [0.1, 0.15) is 12.4 Å². The van der Waals surface area contributed by atoms with Gasteiger partial charge in [0.2, 0.25) is 0 Å². The number of aliphatic imine (C=N–C) groups is 1. The molecule has 0 aliphatic heterocycles. The van der Waals surface area contributed by atoms with E-state index in [1.165, 1.54) is 0 Å². The Kier molecular flexibility index (Phi) is 5.93. The van der Waals surface area contributed by atoms with Gasteiger partial charge in [0.15, 0.2) is 5.96 Å². The van der Waals surface area contributed by atoms with Crippen molar-refractivity contribution in [2.75, 3.05) is 19.7 Å². The van der Waals surface area contributed by atoms with Crippen LogP contribution in [-0.2, 0) is 0 Å². The molecule has 94 valence electrons. The number of nitrogens with zero attached hydrogens (tertiary/aromatic N) is 1. The van der Waals surface area contributed by atoms with Crippen LogP contribution in [-0.4, -0.2) is 25.7 Å². The summed E-state index contributed by atoms with van der Waals surface area (Å²) in [7, 11) is 0. The van der Waals surface area contributed by atoms with Crippen molar-refractivity contribution in [1.29, 1.82) is 0 Å². The average Bonchev–Trinajstić information content (AvgIpc) is 2.34. The second-order valence-electron chi connectivity index (χ2n) is 3.81. The predicted octanol–water partition coefficient (Wildman–Crippen LogP) is 1.69. The monoisotopic (exact) mass is 235 g/mol. The normalized spacial score (nSPS) is 11.3. The van der Waals surface area contributed by atoms with Gasteiger partial charge in [-0.15, -0.1) is 0 Å². The van der Waals surface area contributed by atoms with Gasteiger partial charge in [0, 0.05) is 6.54 Å². The van der Waals surface area contributed by atoms with Crippen molar-refractivity contribution in [1.82, 2.24) is 5.32 Å². The van der Waals surface area contributed by atoms with E-state index in [1.54, 1.807) is 0 Å². The molecule has 0 saturated carbocycles. The minimum Gasteiger partial charge on any atom is -0.491 e. The quantitative estimate of drug-likeness (QED) is 0.448. The molecule has 17 heavy (non-hydrogen) atoms. The van der Waals surface area contributed by atoms with Crippen molar-refractivity contribution in [3.63, 3.8) is 0 Å². The Bertz CT molecular complexity index is 363. The summed E-state index contributed by atoms with van der Waals surface area (Å²) in [6.45, 7) is 6.09. The van der Waals surface area contributed by atoms with Crippen molar-refractivity contribution >= 4 is 5.96 Å². The summed E-state index contributed by atoms with van der Waals surface area (Å²) in [5.74, 6) is 1.40. The van der Waals surface area contributed by atoms with Gasteiger partial charge >= 0.3 is 0 Å². The minimum absolute atomic E-state index is 0.486. The molecule has 0 spiro atoms. The predicted molar refractivity (Wildman–Crippen MR) is 71.5 cm³/mol. The number of aryl methyl sites for hydroxylation is 1. The molecule has 0 heterocycles. The van der Waals surface area contributed by atoms with E-state index < -0.39 is 0 Å². The number of benzene rings is 1. The third-order valence-corrected chi connectivity index (χ3v) is 2.27. The molecule has 0 fully saturated rings. The van der Waals surface area contributed by atoms with Gasteiger partial charge in [-0.2, -0.15) is 0 Å². The average molecular weight is 235 g/mol. The lowest BCUT2D eigenvalue weighted by Gasteiger charge is -2.09. The van der Waals surface area contributed by atoms with Crippen LogP contribution in [0.5, 0.6) is 5.75 Å². The van der Waals surface area contributed by atoms with Gasteiger partial charge in [-0.3, -0.25) is 4.99 Å². The van der Waals surface area contributed by atoms with Crippen LogP contribution in [0.15, 0.2) is 29.3 Å².